The number of hydrogen-bond acceptors (Lipinski definition) is 5. The van der Waals surface area contributed by atoms with E-state index in [9.17, 15) is 0 Å². The van der Waals surface area contributed by atoms with Crippen molar-refractivity contribution in [2.75, 3.05) is 4.90 Å². The van der Waals surface area contributed by atoms with Gasteiger partial charge >= 0.3 is 0 Å². The number of anilines is 3. The molecule has 0 N–H and O–H groups in total. The molecule has 3 aromatic heterocycles. The fourth-order valence-electron chi connectivity index (χ4n) is 8.66. The van der Waals surface area contributed by atoms with Gasteiger partial charge in [-0.1, -0.05) is 152 Å². The molecule has 0 radical (unpaired) electrons. The highest BCUT2D eigenvalue weighted by Crippen LogP contribution is 2.44. The zero-order valence-corrected chi connectivity index (χ0v) is 33.1. The van der Waals surface area contributed by atoms with Gasteiger partial charge in [0.1, 0.15) is 27.3 Å². The average molecular weight is 787 g/mol. The summed E-state index contributed by atoms with van der Waals surface area (Å²) in [5.74, 6) is 0. The van der Waals surface area contributed by atoms with Crippen LogP contribution in [0.15, 0.2) is 215 Å². The van der Waals surface area contributed by atoms with Gasteiger partial charge in [-0.3, -0.25) is 0 Å². The van der Waals surface area contributed by atoms with Crippen LogP contribution >= 0.6 is 11.3 Å². The van der Waals surface area contributed by atoms with E-state index in [1.807, 2.05) is 18.2 Å². The minimum absolute atomic E-state index is 0.864. The monoisotopic (exact) mass is 786 g/mol. The van der Waals surface area contributed by atoms with E-state index in [1.54, 1.807) is 11.3 Å². The number of rotatable bonds is 7. The summed E-state index contributed by atoms with van der Waals surface area (Å²) in [5.41, 5.74) is 15.4. The highest BCUT2D eigenvalue weighted by molar-refractivity contribution is 7.22. The minimum atomic E-state index is 0.864. The lowest BCUT2D eigenvalue weighted by Crippen LogP contribution is -2.10. The number of furan rings is 2. The summed E-state index contributed by atoms with van der Waals surface area (Å²) in [5, 5.41) is 5.46. The largest absolute Gasteiger partial charge is 0.455 e. The lowest BCUT2D eigenvalue weighted by Gasteiger charge is -2.26. The molecule has 0 aliphatic carbocycles. The molecule has 9 aromatic carbocycles. The Kier molecular flexibility index (Phi) is 8.00. The first-order valence-corrected chi connectivity index (χ1v) is 20.9. The summed E-state index contributed by atoms with van der Waals surface area (Å²) in [6, 6.07) is 72.6. The number of fused-ring (bicyclic) bond motifs is 8. The molecule has 12 aromatic rings. The molecule has 0 fully saturated rings. The maximum absolute atomic E-state index is 6.75. The summed E-state index contributed by atoms with van der Waals surface area (Å²) >= 11 is 1.72. The minimum Gasteiger partial charge on any atom is -0.455 e. The van der Waals surface area contributed by atoms with E-state index in [2.05, 4.69) is 193 Å². The van der Waals surface area contributed by atoms with E-state index in [1.165, 1.54) is 11.1 Å². The third-order valence-electron chi connectivity index (χ3n) is 11.5. The lowest BCUT2D eigenvalue weighted by atomic mass is 10.00. The van der Waals surface area contributed by atoms with Crippen molar-refractivity contribution >= 4 is 82.5 Å². The second kappa shape index (κ2) is 14.0. The number of benzene rings is 9. The van der Waals surface area contributed by atoms with Crippen molar-refractivity contribution in [1.82, 2.24) is 4.98 Å². The Labute approximate surface area is 349 Å². The van der Waals surface area contributed by atoms with Crippen LogP contribution < -0.4 is 4.90 Å². The number of para-hydroxylation sites is 3. The molecular formula is C55H34N2O2S. The van der Waals surface area contributed by atoms with Gasteiger partial charge in [0, 0.05) is 55.3 Å². The molecule has 5 heteroatoms. The third kappa shape index (κ3) is 5.70. The molecule has 0 aliphatic rings. The molecule has 60 heavy (non-hydrogen) atoms. The Bertz CT molecular complexity index is 3530. The molecule has 0 atom stereocenters. The van der Waals surface area contributed by atoms with Crippen molar-refractivity contribution in [3.05, 3.63) is 206 Å². The molecule has 0 aliphatic heterocycles. The summed E-state index contributed by atoms with van der Waals surface area (Å²) in [6.07, 6.45) is 0. The molecule has 282 valence electrons. The number of nitrogens with zero attached hydrogens (tertiary/aromatic N) is 2. The van der Waals surface area contributed by atoms with Gasteiger partial charge in [0.05, 0.1) is 10.2 Å². The number of hydrogen-bond donors (Lipinski definition) is 0. The molecule has 0 bridgehead atoms. The van der Waals surface area contributed by atoms with Gasteiger partial charge in [-0.25, -0.2) is 4.98 Å². The van der Waals surface area contributed by atoms with Crippen LogP contribution in [0.25, 0.3) is 98.0 Å². The standard InChI is InChI=1S/C55H34N2O2S/c1-3-12-35(13-4-1)36-24-28-40(29-25-36)57(41-30-26-37(27-31-41)43-19-10-21-46-45-18-7-8-23-49(45)58-52(43)46)42-17-9-16-39(34-42)44-20-11-22-47-51-50(59-53(44)47)33-32-48-54(51)60-55(56-48)38-14-5-2-6-15-38/h1-34H. The maximum Gasteiger partial charge on any atom is 0.143 e. The summed E-state index contributed by atoms with van der Waals surface area (Å²) in [4.78, 5) is 7.35. The average Bonchev–Trinajstić information content (AvgIpc) is 4.04. The van der Waals surface area contributed by atoms with Gasteiger partial charge in [-0.15, -0.1) is 11.3 Å². The summed E-state index contributed by atoms with van der Waals surface area (Å²) in [7, 11) is 0. The molecule has 0 spiro atoms. The molecular weight excluding hydrogens is 753 g/mol. The van der Waals surface area contributed by atoms with Crippen LogP contribution in [0.2, 0.25) is 0 Å². The van der Waals surface area contributed by atoms with Crippen LogP contribution in [0.3, 0.4) is 0 Å². The van der Waals surface area contributed by atoms with Crippen LogP contribution in [0.4, 0.5) is 17.1 Å². The van der Waals surface area contributed by atoms with E-state index < -0.39 is 0 Å². The van der Waals surface area contributed by atoms with Gasteiger partial charge in [0.2, 0.25) is 0 Å². The normalized spacial score (nSPS) is 11.7. The highest BCUT2D eigenvalue weighted by atomic mass is 32.1. The molecule has 0 amide bonds. The lowest BCUT2D eigenvalue weighted by molar-refractivity contribution is 0.669. The van der Waals surface area contributed by atoms with Gasteiger partial charge < -0.3 is 13.7 Å². The smallest absolute Gasteiger partial charge is 0.143 e. The van der Waals surface area contributed by atoms with Crippen molar-refractivity contribution in [1.29, 1.82) is 0 Å². The van der Waals surface area contributed by atoms with E-state index >= 15 is 0 Å². The summed E-state index contributed by atoms with van der Waals surface area (Å²) in [6.45, 7) is 0. The van der Waals surface area contributed by atoms with Crippen molar-refractivity contribution in [3.63, 3.8) is 0 Å². The van der Waals surface area contributed by atoms with Crippen LogP contribution in [-0.4, -0.2) is 4.98 Å². The molecule has 0 unspecified atom stereocenters. The fraction of sp³-hybridized carbons (Fsp3) is 0. The first kappa shape index (κ1) is 34.3. The zero-order chi connectivity index (χ0) is 39.6. The predicted octanol–water partition coefficient (Wildman–Crippen LogP) is 16.2. The van der Waals surface area contributed by atoms with Crippen molar-refractivity contribution < 1.29 is 8.83 Å². The van der Waals surface area contributed by atoms with Crippen molar-refractivity contribution in [2.24, 2.45) is 0 Å². The Morgan fingerprint density at radius 1 is 0.383 bits per heavy atom. The third-order valence-corrected chi connectivity index (χ3v) is 12.7. The molecule has 4 nitrogen and oxygen atoms in total. The second-order valence-corrected chi connectivity index (χ2v) is 16.1. The number of thiazole rings is 1. The van der Waals surface area contributed by atoms with E-state index in [-0.39, 0.29) is 0 Å². The van der Waals surface area contributed by atoms with Crippen LogP contribution in [0, 0.1) is 0 Å². The van der Waals surface area contributed by atoms with Gasteiger partial charge in [0.25, 0.3) is 0 Å². The Morgan fingerprint density at radius 2 is 0.950 bits per heavy atom. The van der Waals surface area contributed by atoms with Crippen LogP contribution in [-0.2, 0) is 0 Å². The fourth-order valence-corrected chi connectivity index (χ4v) is 9.78. The highest BCUT2D eigenvalue weighted by Gasteiger charge is 2.20. The number of aromatic nitrogens is 1. The Hall–Kier alpha value is -7.73. The summed E-state index contributed by atoms with van der Waals surface area (Å²) < 4.78 is 14.3. The van der Waals surface area contributed by atoms with Gasteiger partial charge in [-0.2, -0.15) is 0 Å². The van der Waals surface area contributed by atoms with Gasteiger partial charge in [-0.05, 0) is 76.9 Å². The van der Waals surface area contributed by atoms with E-state index in [0.29, 0.717) is 0 Å². The Morgan fingerprint density at radius 3 is 1.72 bits per heavy atom. The van der Waals surface area contributed by atoms with Crippen LogP contribution in [0.5, 0.6) is 0 Å². The zero-order valence-electron chi connectivity index (χ0n) is 32.2. The van der Waals surface area contributed by atoms with Crippen LogP contribution in [0.1, 0.15) is 0 Å². The van der Waals surface area contributed by atoms with Crippen molar-refractivity contribution in [3.8, 4) is 44.0 Å². The van der Waals surface area contributed by atoms with E-state index in [0.717, 1.165) is 104 Å². The first-order chi connectivity index (χ1) is 29.7. The van der Waals surface area contributed by atoms with Crippen molar-refractivity contribution in [2.45, 2.75) is 0 Å². The molecule has 0 saturated carbocycles. The Balaban J connectivity index is 0.973. The molecule has 0 saturated heterocycles. The van der Waals surface area contributed by atoms with Gasteiger partial charge in [0.15, 0.2) is 0 Å². The SMILES string of the molecule is c1ccc(-c2ccc(N(c3ccc(-c4cccc5c4oc4ccccc45)cc3)c3cccc(-c4cccc5c4oc4ccc6nc(-c7ccccc7)sc6c45)c3)cc2)cc1. The quantitative estimate of drug-likeness (QED) is 0.161. The molecule has 12 rings (SSSR count). The topological polar surface area (TPSA) is 42.4 Å². The van der Waals surface area contributed by atoms with E-state index in [4.69, 9.17) is 13.8 Å². The molecule has 3 heterocycles. The second-order valence-electron chi connectivity index (χ2n) is 15.1. The first-order valence-electron chi connectivity index (χ1n) is 20.1. The predicted molar refractivity (Wildman–Crippen MR) is 251 cm³/mol. The maximum atomic E-state index is 6.75.